The Balaban J connectivity index is 1.66. The van der Waals surface area contributed by atoms with Crippen LogP contribution in [0.15, 0.2) is 40.7 Å². The summed E-state index contributed by atoms with van der Waals surface area (Å²) < 4.78 is 0. The Kier molecular flexibility index (Phi) is 3.93. The lowest BCUT2D eigenvalue weighted by Crippen LogP contribution is -2.48. The van der Waals surface area contributed by atoms with Gasteiger partial charge in [-0.05, 0) is 12.1 Å². The molecular formula is C14H15N3OS2. The van der Waals surface area contributed by atoms with Crippen LogP contribution in [0.25, 0.3) is 0 Å². The molecule has 1 aromatic carbocycles. The number of thiol groups is 1. The van der Waals surface area contributed by atoms with Crippen LogP contribution in [0.3, 0.4) is 0 Å². The van der Waals surface area contributed by atoms with Crippen molar-refractivity contribution < 1.29 is 4.79 Å². The molecule has 0 spiro atoms. The minimum Gasteiger partial charge on any atom is -0.345 e. The first-order valence-electron chi connectivity index (χ1n) is 6.47. The van der Waals surface area contributed by atoms with Gasteiger partial charge in [-0.2, -0.15) is 0 Å². The highest BCUT2D eigenvalue weighted by molar-refractivity contribution is 7.80. The number of carbonyl (C=O) groups is 1. The van der Waals surface area contributed by atoms with E-state index in [9.17, 15) is 4.79 Å². The van der Waals surface area contributed by atoms with Gasteiger partial charge in [0.25, 0.3) is 5.91 Å². The lowest BCUT2D eigenvalue weighted by molar-refractivity contribution is 0.0743. The molecule has 6 heteroatoms. The molecule has 2 aromatic rings. The van der Waals surface area contributed by atoms with Crippen LogP contribution < -0.4 is 4.90 Å². The van der Waals surface area contributed by atoms with E-state index in [4.69, 9.17) is 0 Å². The molecule has 0 radical (unpaired) electrons. The number of thiazole rings is 1. The third-order valence-electron chi connectivity index (χ3n) is 3.39. The van der Waals surface area contributed by atoms with Gasteiger partial charge in [-0.25, -0.2) is 4.98 Å². The molecule has 1 fully saturated rings. The fourth-order valence-electron chi connectivity index (χ4n) is 2.30. The molecule has 0 atom stereocenters. The van der Waals surface area contributed by atoms with Crippen molar-refractivity contribution in [1.29, 1.82) is 0 Å². The van der Waals surface area contributed by atoms with Gasteiger partial charge >= 0.3 is 0 Å². The van der Waals surface area contributed by atoms with E-state index in [0.29, 0.717) is 5.56 Å². The number of carbonyl (C=O) groups excluding carboxylic acids is 1. The van der Waals surface area contributed by atoms with Crippen molar-refractivity contribution in [3.05, 3.63) is 41.4 Å². The third-order valence-corrected chi connectivity index (χ3v) is 4.61. The fourth-order valence-corrected chi connectivity index (χ4v) is 3.25. The predicted molar refractivity (Wildman–Crippen MR) is 83.9 cm³/mol. The Morgan fingerprint density at radius 3 is 2.60 bits per heavy atom. The van der Waals surface area contributed by atoms with Crippen LogP contribution in [0.4, 0.5) is 5.13 Å². The van der Waals surface area contributed by atoms with Gasteiger partial charge in [0.15, 0.2) is 5.13 Å². The van der Waals surface area contributed by atoms with Gasteiger partial charge in [-0.1, -0.05) is 12.1 Å². The smallest absolute Gasteiger partial charge is 0.255 e. The number of benzene rings is 1. The van der Waals surface area contributed by atoms with Gasteiger partial charge in [-0.3, -0.25) is 4.79 Å². The summed E-state index contributed by atoms with van der Waals surface area (Å²) in [6, 6.07) is 7.44. The van der Waals surface area contributed by atoms with Crippen molar-refractivity contribution >= 4 is 35.0 Å². The summed E-state index contributed by atoms with van der Waals surface area (Å²) in [5.41, 5.74) is 0.679. The van der Waals surface area contributed by atoms with Crippen molar-refractivity contribution in [3.63, 3.8) is 0 Å². The first-order chi connectivity index (χ1) is 9.75. The Bertz CT molecular complexity index is 592. The normalized spacial score (nSPS) is 15.4. The van der Waals surface area contributed by atoms with E-state index in [0.717, 1.165) is 36.2 Å². The Hall–Kier alpha value is -1.53. The molecule has 0 N–H and O–H groups in total. The maximum Gasteiger partial charge on any atom is 0.255 e. The van der Waals surface area contributed by atoms with Crippen molar-refractivity contribution in [2.24, 2.45) is 0 Å². The quantitative estimate of drug-likeness (QED) is 0.866. The molecule has 104 valence electrons. The molecule has 4 nitrogen and oxygen atoms in total. The first kappa shape index (κ1) is 13.5. The average molecular weight is 305 g/mol. The summed E-state index contributed by atoms with van der Waals surface area (Å²) in [6.45, 7) is 3.10. The molecule has 1 aliphatic rings. The highest BCUT2D eigenvalue weighted by atomic mass is 32.1. The van der Waals surface area contributed by atoms with Gasteiger partial charge in [0.2, 0.25) is 0 Å². The van der Waals surface area contributed by atoms with Gasteiger partial charge < -0.3 is 9.80 Å². The zero-order valence-electron chi connectivity index (χ0n) is 10.9. The van der Waals surface area contributed by atoms with Crippen molar-refractivity contribution in [2.45, 2.75) is 4.90 Å². The predicted octanol–water partition coefficient (Wildman–Crippen LogP) is 2.39. The van der Waals surface area contributed by atoms with Gasteiger partial charge in [0.05, 0.1) is 5.56 Å². The Labute approximate surface area is 127 Å². The lowest BCUT2D eigenvalue weighted by atomic mass is 10.2. The Morgan fingerprint density at radius 2 is 1.95 bits per heavy atom. The summed E-state index contributed by atoms with van der Waals surface area (Å²) in [5, 5.41) is 3.01. The number of nitrogens with zero attached hydrogens (tertiary/aromatic N) is 3. The van der Waals surface area contributed by atoms with Crippen LogP contribution in [0.5, 0.6) is 0 Å². The van der Waals surface area contributed by atoms with E-state index in [1.807, 2.05) is 40.7 Å². The summed E-state index contributed by atoms with van der Waals surface area (Å²) >= 11 is 5.99. The molecular weight excluding hydrogens is 290 g/mol. The highest BCUT2D eigenvalue weighted by Crippen LogP contribution is 2.21. The largest absolute Gasteiger partial charge is 0.345 e. The monoisotopic (exact) mass is 305 g/mol. The van der Waals surface area contributed by atoms with Crippen LogP contribution in [0.1, 0.15) is 10.4 Å². The molecule has 1 saturated heterocycles. The number of amides is 1. The molecule has 20 heavy (non-hydrogen) atoms. The van der Waals surface area contributed by atoms with Crippen molar-refractivity contribution in [2.75, 3.05) is 31.1 Å². The Morgan fingerprint density at radius 1 is 1.20 bits per heavy atom. The second kappa shape index (κ2) is 5.85. The van der Waals surface area contributed by atoms with Gasteiger partial charge in [0.1, 0.15) is 0 Å². The van der Waals surface area contributed by atoms with E-state index in [-0.39, 0.29) is 5.91 Å². The second-order valence-corrected chi connectivity index (χ2v) is 5.97. The van der Waals surface area contributed by atoms with E-state index >= 15 is 0 Å². The van der Waals surface area contributed by atoms with E-state index in [1.54, 1.807) is 11.3 Å². The molecule has 1 aliphatic heterocycles. The third kappa shape index (κ3) is 2.66. The molecule has 2 heterocycles. The molecule has 3 rings (SSSR count). The number of aromatic nitrogens is 1. The molecule has 1 amide bonds. The lowest BCUT2D eigenvalue weighted by Gasteiger charge is -2.34. The van der Waals surface area contributed by atoms with Gasteiger partial charge in [0, 0.05) is 42.7 Å². The van der Waals surface area contributed by atoms with Crippen LogP contribution in [-0.2, 0) is 0 Å². The molecule has 1 aromatic heterocycles. The summed E-state index contributed by atoms with van der Waals surface area (Å²) in [5.74, 6) is 0.0642. The van der Waals surface area contributed by atoms with Crippen molar-refractivity contribution in [1.82, 2.24) is 9.88 Å². The highest BCUT2D eigenvalue weighted by Gasteiger charge is 2.23. The molecule has 0 aliphatic carbocycles. The standard InChI is InChI=1S/C14H15N3OS2/c18-13(11-3-1-2-4-12(11)19)16-6-8-17(9-7-16)14-15-5-10-20-14/h1-5,10,19H,6-9H2. The number of piperazine rings is 1. The minimum atomic E-state index is 0.0642. The van der Waals surface area contributed by atoms with Crippen molar-refractivity contribution in [3.8, 4) is 0 Å². The van der Waals surface area contributed by atoms with Crippen LogP contribution in [-0.4, -0.2) is 42.0 Å². The summed E-state index contributed by atoms with van der Waals surface area (Å²) in [6.07, 6.45) is 1.81. The number of anilines is 1. The zero-order chi connectivity index (χ0) is 13.9. The molecule has 0 bridgehead atoms. The van der Waals surface area contributed by atoms with Crippen LogP contribution in [0.2, 0.25) is 0 Å². The van der Waals surface area contributed by atoms with Crippen LogP contribution >= 0.6 is 24.0 Å². The number of hydrogen-bond acceptors (Lipinski definition) is 5. The molecule has 0 saturated carbocycles. The van der Waals surface area contributed by atoms with E-state index < -0.39 is 0 Å². The maximum atomic E-state index is 12.5. The summed E-state index contributed by atoms with van der Waals surface area (Å²) in [4.78, 5) is 21.6. The number of rotatable bonds is 2. The molecule has 0 unspecified atom stereocenters. The maximum absolute atomic E-state index is 12.5. The number of hydrogen-bond donors (Lipinski definition) is 1. The fraction of sp³-hybridized carbons (Fsp3) is 0.286. The van der Waals surface area contributed by atoms with E-state index in [1.165, 1.54) is 0 Å². The summed E-state index contributed by atoms with van der Waals surface area (Å²) in [7, 11) is 0. The van der Waals surface area contributed by atoms with E-state index in [2.05, 4.69) is 22.5 Å². The SMILES string of the molecule is O=C(c1ccccc1S)N1CCN(c2nccs2)CC1. The first-order valence-corrected chi connectivity index (χ1v) is 7.80. The van der Waals surface area contributed by atoms with Gasteiger partial charge in [-0.15, -0.1) is 24.0 Å². The van der Waals surface area contributed by atoms with Crippen LogP contribution in [0, 0.1) is 0 Å². The topological polar surface area (TPSA) is 36.4 Å². The second-order valence-electron chi connectivity index (χ2n) is 4.61. The average Bonchev–Trinajstić information content (AvgIpc) is 3.01. The zero-order valence-corrected chi connectivity index (χ0v) is 12.6. The minimum absolute atomic E-state index is 0.0642.